The van der Waals surface area contributed by atoms with Crippen molar-refractivity contribution in [2.75, 3.05) is 40.5 Å². The number of nitrogens with one attached hydrogen (secondary N) is 1. The molecule has 1 unspecified atom stereocenters. The van der Waals surface area contributed by atoms with Gasteiger partial charge in [-0.3, -0.25) is 4.99 Å². The van der Waals surface area contributed by atoms with Crippen molar-refractivity contribution in [1.82, 2.24) is 15.2 Å². The third-order valence-corrected chi connectivity index (χ3v) is 5.66. The van der Waals surface area contributed by atoms with Crippen LogP contribution in [-0.4, -0.2) is 56.3 Å². The van der Waals surface area contributed by atoms with Gasteiger partial charge in [-0.05, 0) is 42.7 Å². The lowest BCUT2D eigenvalue weighted by Crippen LogP contribution is -2.41. The van der Waals surface area contributed by atoms with E-state index in [1.54, 1.807) is 7.11 Å². The number of ether oxygens (including phenoxy) is 3. The molecule has 0 saturated carbocycles. The van der Waals surface area contributed by atoms with Crippen molar-refractivity contribution in [2.24, 2.45) is 10.4 Å². The molecule has 162 valence electrons. The molecule has 1 aromatic carbocycles. The predicted molar refractivity (Wildman–Crippen MR) is 127 cm³/mol. The van der Waals surface area contributed by atoms with Gasteiger partial charge in [-0.15, -0.1) is 24.0 Å². The van der Waals surface area contributed by atoms with Gasteiger partial charge in [-0.25, -0.2) is 4.98 Å². The Labute approximate surface area is 194 Å². The summed E-state index contributed by atoms with van der Waals surface area (Å²) < 4.78 is 16.6. The Kier molecular flexibility index (Phi) is 7.76. The molecule has 1 atom stereocenters. The van der Waals surface area contributed by atoms with Gasteiger partial charge in [0, 0.05) is 51.0 Å². The molecule has 4 rings (SSSR count). The predicted octanol–water partition coefficient (Wildman–Crippen LogP) is 3.69. The zero-order valence-electron chi connectivity index (χ0n) is 17.5. The summed E-state index contributed by atoms with van der Waals surface area (Å²) in [5.41, 5.74) is 1.39. The molecule has 2 fully saturated rings. The van der Waals surface area contributed by atoms with Gasteiger partial charge >= 0.3 is 0 Å². The Hall–Kier alpha value is -2.07. The fourth-order valence-electron chi connectivity index (χ4n) is 3.94. The van der Waals surface area contributed by atoms with Crippen molar-refractivity contribution >= 4 is 29.9 Å². The molecule has 0 bridgehead atoms. The molecule has 2 aliphatic heterocycles. The van der Waals surface area contributed by atoms with Crippen LogP contribution in [0.15, 0.2) is 47.6 Å². The number of hydrogen-bond donors (Lipinski definition) is 1. The number of rotatable bonds is 5. The Bertz CT molecular complexity index is 836. The summed E-state index contributed by atoms with van der Waals surface area (Å²) in [6.45, 7) is 4.47. The lowest BCUT2D eigenvalue weighted by Gasteiger charge is -2.25. The fourth-order valence-corrected chi connectivity index (χ4v) is 3.94. The number of hydrogen-bond acceptors (Lipinski definition) is 5. The van der Waals surface area contributed by atoms with Gasteiger partial charge in [-0.1, -0.05) is 6.07 Å². The molecule has 2 aliphatic rings. The van der Waals surface area contributed by atoms with Gasteiger partial charge < -0.3 is 24.4 Å². The molecule has 1 N–H and O–H groups in total. The smallest absolute Gasteiger partial charge is 0.219 e. The number of aliphatic imine (C=N–C) groups is 1. The van der Waals surface area contributed by atoms with Gasteiger partial charge in [0.2, 0.25) is 5.88 Å². The van der Waals surface area contributed by atoms with Gasteiger partial charge in [0.05, 0.1) is 13.7 Å². The minimum absolute atomic E-state index is 0. The van der Waals surface area contributed by atoms with Crippen LogP contribution in [0.4, 0.5) is 0 Å². The first-order chi connectivity index (χ1) is 14.2. The van der Waals surface area contributed by atoms with E-state index in [0.29, 0.717) is 17.8 Å². The zero-order valence-corrected chi connectivity index (χ0v) is 19.8. The van der Waals surface area contributed by atoms with Crippen LogP contribution in [0, 0.1) is 5.41 Å². The topological polar surface area (TPSA) is 68.2 Å². The third-order valence-electron chi connectivity index (χ3n) is 5.66. The minimum Gasteiger partial charge on any atom is -0.497 e. The highest BCUT2D eigenvalue weighted by Gasteiger charge is 2.42. The number of pyridine rings is 1. The van der Waals surface area contributed by atoms with Crippen LogP contribution in [-0.2, 0) is 11.3 Å². The largest absolute Gasteiger partial charge is 0.497 e. The monoisotopic (exact) mass is 524 g/mol. The first-order valence-electron chi connectivity index (χ1n) is 10.00. The van der Waals surface area contributed by atoms with Gasteiger partial charge in [-0.2, -0.15) is 0 Å². The van der Waals surface area contributed by atoms with Gasteiger partial charge in [0.25, 0.3) is 0 Å². The highest BCUT2D eigenvalue weighted by Crippen LogP contribution is 2.38. The van der Waals surface area contributed by atoms with E-state index in [9.17, 15) is 0 Å². The normalized spacial score (nSPS) is 20.9. The molecule has 2 aromatic rings. The zero-order chi connectivity index (χ0) is 20.1. The Balaban J connectivity index is 0.00000256. The number of methoxy groups -OCH3 is 1. The molecule has 2 saturated heterocycles. The van der Waals surface area contributed by atoms with Crippen molar-refractivity contribution < 1.29 is 14.2 Å². The molecule has 1 spiro atoms. The molecule has 7 nitrogen and oxygen atoms in total. The summed E-state index contributed by atoms with van der Waals surface area (Å²) >= 11 is 0. The van der Waals surface area contributed by atoms with Crippen LogP contribution in [0.5, 0.6) is 17.4 Å². The maximum Gasteiger partial charge on any atom is 0.219 e. The molecule has 1 aromatic heterocycles. The molecular weight excluding hydrogens is 495 g/mol. The number of aromatic nitrogens is 1. The fraction of sp³-hybridized carbons (Fsp3) is 0.455. The average Bonchev–Trinajstić information content (AvgIpc) is 3.40. The lowest BCUT2D eigenvalue weighted by molar-refractivity contribution is 0.156. The van der Waals surface area contributed by atoms with Gasteiger partial charge in [0.1, 0.15) is 11.5 Å². The van der Waals surface area contributed by atoms with Crippen LogP contribution in [0.2, 0.25) is 0 Å². The number of nitrogens with zero attached hydrogens (tertiary/aromatic N) is 3. The van der Waals surface area contributed by atoms with E-state index in [1.807, 2.05) is 49.6 Å². The Morgan fingerprint density at radius 2 is 2.00 bits per heavy atom. The van der Waals surface area contributed by atoms with Crippen LogP contribution in [0.3, 0.4) is 0 Å². The Morgan fingerprint density at radius 1 is 1.20 bits per heavy atom. The molecule has 30 heavy (non-hydrogen) atoms. The summed E-state index contributed by atoms with van der Waals surface area (Å²) in [5.74, 6) is 3.02. The van der Waals surface area contributed by atoms with E-state index in [0.717, 1.165) is 55.7 Å². The van der Waals surface area contributed by atoms with E-state index in [4.69, 9.17) is 14.2 Å². The van der Waals surface area contributed by atoms with E-state index < -0.39 is 0 Å². The standard InChI is InChI=1S/C22H28N4O3.HI/c1-23-21(26-11-9-22(15-26)10-12-28-16-22)25-14-17-3-8-20(24-13-17)29-19-6-4-18(27-2)5-7-19;/h3-8,13H,9-12,14-16H2,1-2H3,(H,23,25);1H. The SMILES string of the molecule is CN=C(NCc1ccc(Oc2ccc(OC)cc2)nc1)N1CCC2(CCOC2)C1.I. The highest BCUT2D eigenvalue weighted by molar-refractivity contribution is 14.0. The van der Waals surface area contributed by atoms with Gasteiger partial charge in [0.15, 0.2) is 5.96 Å². The summed E-state index contributed by atoms with van der Waals surface area (Å²) in [6, 6.07) is 11.3. The number of halogens is 1. The van der Waals surface area contributed by atoms with Crippen LogP contribution in [0.1, 0.15) is 18.4 Å². The summed E-state index contributed by atoms with van der Waals surface area (Å²) in [6.07, 6.45) is 4.15. The van der Waals surface area contributed by atoms with Crippen molar-refractivity contribution in [1.29, 1.82) is 0 Å². The summed E-state index contributed by atoms with van der Waals surface area (Å²) in [4.78, 5) is 11.2. The van der Waals surface area contributed by atoms with E-state index in [-0.39, 0.29) is 24.0 Å². The highest BCUT2D eigenvalue weighted by atomic mass is 127. The maximum atomic E-state index is 5.78. The Morgan fingerprint density at radius 3 is 2.63 bits per heavy atom. The number of likely N-dealkylation sites (tertiary alicyclic amines) is 1. The molecule has 0 aliphatic carbocycles. The molecule has 0 radical (unpaired) electrons. The molecule has 0 amide bonds. The summed E-state index contributed by atoms with van der Waals surface area (Å²) in [7, 11) is 3.48. The van der Waals surface area contributed by atoms with Crippen LogP contribution >= 0.6 is 24.0 Å². The summed E-state index contributed by atoms with van der Waals surface area (Å²) in [5, 5.41) is 3.46. The second kappa shape index (κ2) is 10.3. The second-order valence-electron chi connectivity index (χ2n) is 7.66. The van der Waals surface area contributed by atoms with Crippen molar-refractivity contribution in [3.8, 4) is 17.4 Å². The van der Waals surface area contributed by atoms with E-state index in [2.05, 4.69) is 20.2 Å². The lowest BCUT2D eigenvalue weighted by atomic mass is 9.87. The van der Waals surface area contributed by atoms with Crippen LogP contribution in [0.25, 0.3) is 0 Å². The van der Waals surface area contributed by atoms with Crippen molar-refractivity contribution in [3.05, 3.63) is 48.2 Å². The maximum absolute atomic E-state index is 5.78. The second-order valence-corrected chi connectivity index (χ2v) is 7.66. The van der Waals surface area contributed by atoms with Crippen molar-refractivity contribution in [3.63, 3.8) is 0 Å². The molecular formula is C22H29IN4O3. The number of guanidine groups is 1. The first kappa shape index (κ1) is 22.6. The molecule has 3 heterocycles. The molecule has 8 heteroatoms. The quantitative estimate of drug-likeness (QED) is 0.366. The van der Waals surface area contributed by atoms with E-state index >= 15 is 0 Å². The number of benzene rings is 1. The first-order valence-corrected chi connectivity index (χ1v) is 10.00. The third kappa shape index (κ3) is 5.34. The van der Waals surface area contributed by atoms with E-state index in [1.165, 1.54) is 6.42 Å². The van der Waals surface area contributed by atoms with Crippen LogP contribution < -0.4 is 14.8 Å². The average molecular weight is 524 g/mol. The van der Waals surface area contributed by atoms with Crippen molar-refractivity contribution in [2.45, 2.75) is 19.4 Å². The minimum atomic E-state index is 0.